The number of phosphoric ester groups is 4. The number of phosphoric acid groups is 4. The summed E-state index contributed by atoms with van der Waals surface area (Å²) in [6.45, 7) is 8.31. The van der Waals surface area contributed by atoms with Crippen LogP contribution in [-0.4, -0.2) is 69.4 Å². The first-order valence-electron chi connectivity index (χ1n) is 20.3. The Morgan fingerprint density at radius 1 is 0.339 bits per heavy atom. The van der Waals surface area contributed by atoms with E-state index < -0.39 is 31.3 Å². The van der Waals surface area contributed by atoms with Crippen LogP contribution in [0.1, 0.15) is 182 Å². The Hall–Kier alpha value is 1.12. The molecule has 0 bridgehead atoms. The molecule has 0 aliphatic heterocycles. The van der Waals surface area contributed by atoms with Crippen molar-refractivity contribution in [3.05, 3.63) is 0 Å². The van der Waals surface area contributed by atoms with E-state index in [1.165, 1.54) is 25.7 Å². The zero-order valence-electron chi connectivity index (χ0n) is 34.7. The van der Waals surface area contributed by atoms with Gasteiger partial charge in [0, 0.05) is 0 Å². The van der Waals surface area contributed by atoms with Crippen LogP contribution in [0.15, 0.2) is 0 Å². The second-order valence-corrected chi connectivity index (χ2v) is 19.0. The summed E-state index contributed by atoms with van der Waals surface area (Å²) in [4.78, 5) is 38.0. The molecule has 4 atom stereocenters. The first kappa shape index (κ1) is 63.8. The second kappa shape index (κ2) is 45.6. The summed E-state index contributed by atoms with van der Waals surface area (Å²) < 4.78 is 82.5. The molecule has 22 heteroatoms. The molecular formula is C34H78O17P4Zr. The molecule has 0 aromatic heterocycles. The summed E-state index contributed by atoms with van der Waals surface area (Å²) in [6, 6.07) is 0. The first-order chi connectivity index (χ1) is 26.6. The van der Waals surface area contributed by atoms with Crippen LogP contribution < -0.4 is 0 Å². The van der Waals surface area contributed by atoms with Crippen LogP contribution >= 0.6 is 31.3 Å². The van der Waals surface area contributed by atoms with Crippen molar-refractivity contribution in [2.45, 2.75) is 182 Å². The van der Waals surface area contributed by atoms with E-state index in [1.807, 2.05) is 0 Å². The topological polar surface area (TPSA) is 262 Å². The van der Waals surface area contributed by atoms with Gasteiger partial charge < -0.3 is 29.8 Å². The molecule has 0 aromatic carbocycles. The molecule has 0 fully saturated rings. The van der Waals surface area contributed by atoms with Crippen molar-refractivity contribution in [3.8, 4) is 0 Å². The van der Waals surface area contributed by atoms with Crippen LogP contribution in [0.4, 0.5) is 0 Å². The molecule has 0 rings (SSSR count). The maximum absolute atomic E-state index is 11.7. The molecule has 0 aromatic rings. The fraction of sp³-hybridized carbons (Fsp3) is 1.00. The molecule has 6 N–H and O–H groups in total. The maximum atomic E-state index is 11.7. The summed E-state index contributed by atoms with van der Waals surface area (Å²) >= 11 is 0.300. The van der Waals surface area contributed by atoms with Crippen molar-refractivity contribution in [2.24, 2.45) is 0 Å². The van der Waals surface area contributed by atoms with Gasteiger partial charge in [-0.3, -0.25) is 18.1 Å². The molecule has 340 valence electrons. The zero-order chi connectivity index (χ0) is 43.5. The number of aliphatic hydroxyl groups excluding tert-OH is 2. The van der Waals surface area contributed by atoms with Crippen LogP contribution in [0, 0.1) is 0 Å². The summed E-state index contributed by atoms with van der Waals surface area (Å²) in [6.07, 6.45) is 23.9. The van der Waals surface area contributed by atoms with Gasteiger partial charge >= 0.3 is 58.8 Å². The Kier molecular flexibility index (Phi) is 52.0. The van der Waals surface area contributed by atoms with Crippen LogP contribution in [0.2, 0.25) is 0 Å². The van der Waals surface area contributed by atoms with Gasteiger partial charge in [0.15, 0.2) is 0 Å². The monoisotopic (exact) mass is 972 g/mol. The van der Waals surface area contributed by atoms with Gasteiger partial charge in [-0.1, -0.05) is 156 Å². The molecule has 0 heterocycles. The average Bonchev–Trinajstić information content (AvgIpc) is 3.13. The molecule has 0 saturated heterocycles. The van der Waals surface area contributed by atoms with E-state index >= 15 is 0 Å². The van der Waals surface area contributed by atoms with Gasteiger partial charge in [-0.05, 0) is 25.7 Å². The van der Waals surface area contributed by atoms with E-state index in [1.54, 1.807) is 0 Å². The number of rotatable bonds is 37. The fourth-order valence-electron chi connectivity index (χ4n) is 4.60. The molecule has 0 saturated carbocycles. The van der Waals surface area contributed by atoms with Crippen LogP contribution in [0.25, 0.3) is 0 Å². The Morgan fingerprint density at radius 3 is 0.661 bits per heavy atom. The zero-order valence-corrected chi connectivity index (χ0v) is 40.7. The van der Waals surface area contributed by atoms with Gasteiger partial charge in [-0.15, -0.1) is 0 Å². The molecule has 0 amide bonds. The van der Waals surface area contributed by atoms with Crippen molar-refractivity contribution >= 4 is 31.3 Å². The molecule has 0 radical (unpaired) electrons. The fourth-order valence-corrected chi connectivity index (χ4v) is 8.88. The summed E-state index contributed by atoms with van der Waals surface area (Å²) in [5.41, 5.74) is 0. The van der Waals surface area contributed by atoms with Gasteiger partial charge in [-0.2, -0.15) is 8.62 Å². The van der Waals surface area contributed by atoms with E-state index in [2.05, 4.69) is 36.3 Å². The molecule has 0 aliphatic rings. The summed E-state index contributed by atoms with van der Waals surface area (Å²) in [7, 11) is -18.3. The van der Waals surface area contributed by atoms with Gasteiger partial charge in [0.25, 0.3) is 0 Å². The molecule has 0 spiro atoms. The first-order valence-corrected chi connectivity index (χ1v) is 27.3. The standard InChI is InChI=1S/2C16H36O7P2.C2H6O2.O.Zr/c2*1-3-5-7-9-11-13-15-21-24(17,18)23-25(19,20)22-16-14-12-10-8-6-4-2;3-1-2-4;;/h2*3-16H2,1-2H3,(H,17,18)(H,19,20);3-4H,1-2H2;;. The van der Waals surface area contributed by atoms with Crippen LogP contribution in [0.5, 0.6) is 0 Å². The number of unbranched alkanes of at least 4 members (excludes halogenated alkanes) is 20. The quantitative estimate of drug-likeness (QED) is 0.0250. The Balaban J connectivity index is -0.000000422. The van der Waals surface area contributed by atoms with Crippen LogP contribution in [-0.2, 0) is 72.5 Å². The van der Waals surface area contributed by atoms with E-state index in [9.17, 15) is 37.8 Å². The third kappa shape index (κ3) is 55.1. The van der Waals surface area contributed by atoms with Crippen molar-refractivity contribution in [3.63, 3.8) is 0 Å². The molecule has 56 heavy (non-hydrogen) atoms. The molecular weight excluding hydrogens is 895 g/mol. The second-order valence-electron chi connectivity index (χ2n) is 12.9. The third-order valence-electron chi connectivity index (χ3n) is 7.52. The van der Waals surface area contributed by atoms with E-state index in [-0.39, 0.29) is 39.6 Å². The predicted molar refractivity (Wildman–Crippen MR) is 214 cm³/mol. The van der Waals surface area contributed by atoms with Crippen LogP contribution in [0.3, 0.4) is 0 Å². The van der Waals surface area contributed by atoms with Gasteiger partial charge in [-0.25, -0.2) is 18.3 Å². The molecule has 4 unspecified atom stereocenters. The summed E-state index contributed by atoms with van der Waals surface area (Å²) in [5.74, 6) is 0. The minimum absolute atomic E-state index is 0.0112. The van der Waals surface area contributed by atoms with E-state index in [4.69, 9.17) is 31.1 Å². The molecule has 0 aliphatic carbocycles. The number of hydrogen-bond donors (Lipinski definition) is 6. The Labute approximate surface area is 353 Å². The van der Waals surface area contributed by atoms with E-state index in [0.29, 0.717) is 50.4 Å². The number of aliphatic hydroxyl groups is 2. The van der Waals surface area contributed by atoms with Crippen molar-refractivity contribution < 1.29 is 102 Å². The molecule has 17 nitrogen and oxygen atoms in total. The normalized spacial score (nSPS) is 15.3. The van der Waals surface area contributed by atoms with Gasteiger partial charge in [0.1, 0.15) is 0 Å². The van der Waals surface area contributed by atoms with Crippen molar-refractivity contribution in [2.75, 3.05) is 39.6 Å². The van der Waals surface area contributed by atoms with Gasteiger partial charge in [0.2, 0.25) is 0 Å². The SMILES string of the molecule is CCCCCCCCOP(=O)(O)OP(=O)(O)OCCCCCCCC.CCCCCCCCOP(=O)(O)OP(=O)(O)OCCCCCCCC.OCCO.[O]=[Zr]. The van der Waals surface area contributed by atoms with Crippen molar-refractivity contribution in [1.29, 1.82) is 0 Å². The minimum atomic E-state index is -4.58. The van der Waals surface area contributed by atoms with E-state index in [0.717, 1.165) is 103 Å². The number of hydrogen-bond acceptors (Lipinski definition) is 13. The average molecular weight is 974 g/mol. The van der Waals surface area contributed by atoms with Gasteiger partial charge in [0.05, 0.1) is 39.6 Å². The third-order valence-corrected chi connectivity index (χ3v) is 12.9. The predicted octanol–water partition coefficient (Wildman–Crippen LogP) is 10.8. The summed E-state index contributed by atoms with van der Waals surface area (Å²) in [5, 5.41) is 15.2. The van der Waals surface area contributed by atoms with Crippen molar-refractivity contribution in [1.82, 2.24) is 0 Å². The Bertz CT molecular complexity index is 868. The Morgan fingerprint density at radius 2 is 0.500 bits per heavy atom.